The maximum atomic E-state index is 12.5. The minimum Gasteiger partial charge on any atom is -0.467 e. The number of methoxy groups -OCH3 is 1. The lowest BCUT2D eigenvalue weighted by Crippen LogP contribution is -2.33. The van der Waals surface area contributed by atoms with Gasteiger partial charge in [0.1, 0.15) is 12.4 Å². The van der Waals surface area contributed by atoms with E-state index in [1.165, 1.54) is 7.11 Å². The van der Waals surface area contributed by atoms with E-state index in [-0.39, 0.29) is 12.5 Å². The highest BCUT2D eigenvalue weighted by Crippen LogP contribution is 2.25. The van der Waals surface area contributed by atoms with Gasteiger partial charge in [-0.05, 0) is 28.8 Å². The molecule has 1 aromatic heterocycles. The average molecular weight is 335 g/mol. The Morgan fingerprint density at radius 2 is 1.72 bits per heavy atom. The molecule has 2 aromatic carbocycles. The molecule has 0 atom stereocenters. The first kappa shape index (κ1) is 17.0. The van der Waals surface area contributed by atoms with Gasteiger partial charge in [-0.1, -0.05) is 54.6 Å². The molecule has 0 fully saturated rings. The molecule has 0 bridgehead atoms. The third kappa shape index (κ3) is 4.37. The van der Waals surface area contributed by atoms with Crippen LogP contribution in [0.5, 0.6) is 0 Å². The standard InChI is InChI=1S/C21H21NO3/c1-24-16-21(23)22(15-19-11-7-13-25-19)14-18-10-5-6-12-20(18)17-8-3-2-4-9-17/h2-13H,14-16H2,1H3. The molecule has 128 valence electrons. The van der Waals surface area contributed by atoms with Crippen LogP contribution in [0.25, 0.3) is 11.1 Å². The Hall–Kier alpha value is -2.85. The van der Waals surface area contributed by atoms with Crippen molar-refractivity contribution in [2.45, 2.75) is 13.1 Å². The SMILES string of the molecule is COCC(=O)N(Cc1ccco1)Cc1ccccc1-c1ccccc1. The molecule has 0 spiro atoms. The number of carbonyl (C=O) groups excluding carboxylic acids is 1. The number of furan rings is 1. The largest absolute Gasteiger partial charge is 0.467 e. The van der Waals surface area contributed by atoms with Gasteiger partial charge in [0, 0.05) is 13.7 Å². The molecule has 0 aliphatic rings. The third-order valence-corrected chi connectivity index (χ3v) is 4.01. The molecule has 0 aliphatic carbocycles. The second kappa shape index (κ2) is 8.31. The Morgan fingerprint density at radius 1 is 0.960 bits per heavy atom. The highest BCUT2D eigenvalue weighted by molar-refractivity contribution is 5.78. The number of hydrogen-bond acceptors (Lipinski definition) is 3. The Labute approximate surface area is 147 Å². The van der Waals surface area contributed by atoms with Crippen molar-refractivity contribution in [2.24, 2.45) is 0 Å². The molecule has 25 heavy (non-hydrogen) atoms. The van der Waals surface area contributed by atoms with Crippen LogP contribution in [0.3, 0.4) is 0 Å². The van der Waals surface area contributed by atoms with Gasteiger partial charge >= 0.3 is 0 Å². The lowest BCUT2D eigenvalue weighted by molar-refractivity contribution is -0.136. The summed E-state index contributed by atoms with van der Waals surface area (Å²) in [6.07, 6.45) is 1.62. The van der Waals surface area contributed by atoms with Crippen molar-refractivity contribution < 1.29 is 13.9 Å². The van der Waals surface area contributed by atoms with E-state index in [2.05, 4.69) is 24.3 Å². The molecule has 0 radical (unpaired) electrons. The summed E-state index contributed by atoms with van der Waals surface area (Å²) < 4.78 is 10.4. The van der Waals surface area contributed by atoms with E-state index in [0.29, 0.717) is 13.1 Å². The molecular formula is C21H21NO3. The summed E-state index contributed by atoms with van der Waals surface area (Å²) in [6, 6.07) is 22.0. The molecule has 1 amide bonds. The first-order valence-electron chi connectivity index (χ1n) is 8.20. The lowest BCUT2D eigenvalue weighted by Gasteiger charge is -2.23. The molecule has 1 heterocycles. The zero-order chi connectivity index (χ0) is 17.5. The van der Waals surface area contributed by atoms with E-state index in [4.69, 9.17) is 9.15 Å². The van der Waals surface area contributed by atoms with Crippen LogP contribution in [-0.4, -0.2) is 24.5 Å². The molecule has 4 nitrogen and oxygen atoms in total. The number of ether oxygens (including phenoxy) is 1. The van der Waals surface area contributed by atoms with Gasteiger partial charge < -0.3 is 14.1 Å². The first-order valence-corrected chi connectivity index (χ1v) is 8.20. The molecule has 0 aliphatic heterocycles. The van der Waals surface area contributed by atoms with Crippen LogP contribution in [0.2, 0.25) is 0 Å². The highest BCUT2D eigenvalue weighted by Gasteiger charge is 2.17. The summed E-state index contributed by atoms with van der Waals surface area (Å²) in [5.74, 6) is 0.684. The van der Waals surface area contributed by atoms with Gasteiger partial charge in [0.2, 0.25) is 5.91 Å². The van der Waals surface area contributed by atoms with Gasteiger partial charge in [-0.25, -0.2) is 0 Å². The third-order valence-electron chi connectivity index (χ3n) is 4.01. The fraction of sp³-hybridized carbons (Fsp3) is 0.190. The van der Waals surface area contributed by atoms with Crippen LogP contribution in [0.15, 0.2) is 77.4 Å². The molecule has 3 aromatic rings. The van der Waals surface area contributed by atoms with Crippen LogP contribution in [0.4, 0.5) is 0 Å². The summed E-state index contributed by atoms with van der Waals surface area (Å²) >= 11 is 0. The van der Waals surface area contributed by atoms with Gasteiger partial charge in [0.05, 0.1) is 12.8 Å². The summed E-state index contributed by atoms with van der Waals surface area (Å²) in [5.41, 5.74) is 3.35. The number of nitrogens with zero attached hydrogens (tertiary/aromatic N) is 1. The predicted molar refractivity (Wildman–Crippen MR) is 96.7 cm³/mol. The normalized spacial score (nSPS) is 10.6. The van der Waals surface area contributed by atoms with Crippen molar-refractivity contribution in [1.82, 2.24) is 4.90 Å². The Morgan fingerprint density at radius 3 is 2.44 bits per heavy atom. The molecule has 3 rings (SSSR count). The number of hydrogen-bond donors (Lipinski definition) is 0. The van der Waals surface area contributed by atoms with Crippen molar-refractivity contribution in [2.75, 3.05) is 13.7 Å². The maximum Gasteiger partial charge on any atom is 0.249 e. The van der Waals surface area contributed by atoms with Crippen LogP contribution in [0.1, 0.15) is 11.3 Å². The van der Waals surface area contributed by atoms with E-state index >= 15 is 0 Å². The van der Waals surface area contributed by atoms with Gasteiger partial charge in [-0.3, -0.25) is 4.79 Å². The Balaban J connectivity index is 1.88. The average Bonchev–Trinajstić information content (AvgIpc) is 3.16. The van der Waals surface area contributed by atoms with Crippen molar-refractivity contribution in [1.29, 1.82) is 0 Å². The number of carbonyl (C=O) groups is 1. The number of rotatable bonds is 7. The fourth-order valence-corrected chi connectivity index (χ4v) is 2.80. The van der Waals surface area contributed by atoms with E-state index in [1.807, 2.05) is 42.5 Å². The Bertz CT molecular complexity index is 797. The van der Waals surface area contributed by atoms with E-state index < -0.39 is 0 Å². The van der Waals surface area contributed by atoms with Crippen LogP contribution < -0.4 is 0 Å². The van der Waals surface area contributed by atoms with Crippen molar-refractivity contribution in [3.05, 3.63) is 84.3 Å². The molecule has 0 saturated carbocycles. The minimum atomic E-state index is -0.0678. The van der Waals surface area contributed by atoms with Gasteiger partial charge in [0.15, 0.2) is 0 Å². The van der Waals surface area contributed by atoms with Gasteiger partial charge in [-0.2, -0.15) is 0 Å². The summed E-state index contributed by atoms with van der Waals surface area (Å²) in [7, 11) is 1.53. The van der Waals surface area contributed by atoms with Gasteiger partial charge in [0.25, 0.3) is 0 Å². The number of benzene rings is 2. The second-order valence-electron chi connectivity index (χ2n) is 5.79. The van der Waals surface area contributed by atoms with Gasteiger partial charge in [-0.15, -0.1) is 0 Å². The first-order chi connectivity index (χ1) is 12.3. The van der Waals surface area contributed by atoms with Crippen molar-refractivity contribution >= 4 is 5.91 Å². The zero-order valence-corrected chi connectivity index (χ0v) is 14.2. The van der Waals surface area contributed by atoms with E-state index in [1.54, 1.807) is 11.2 Å². The minimum absolute atomic E-state index is 0.0498. The van der Waals surface area contributed by atoms with E-state index in [0.717, 1.165) is 22.5 Å². The van der Waals surface area contributed by atoms with Crippen LogP contribution in [0, 0.1) is 0 Å². The zero-order valence-electron chi connectivity index (χ0n) is 14.2. The molecular weight excluding hydrogens is 314 g/mol. The second-order valence-corrected chi connectivity index (χ2v) is 5.79. The summed E-state index contributed by atoms with van der Waals surface area (Å²) in [4.78, 5) is 14.2. The molecule has 0 unspecified atom stereocenters. The molecule has 0 N–H and O–H groups in total. The van der Waals surface area contributed by atoms with Crippen molar-refractivity contribution in [3.63, 3.8) is 0 Å². The fourth-order valence-electron chi connectivity index (χ4n) is 2.80. The molecule has 0 saturated heterocycles. The summed E-state index contributed by atoms with van der Waals surface area (Å²) in [6.45, 7) is 0.959. The Kier molecular flexibility index (Phi) is 5.65. The van der Waals surface area contributed by atoms with E-state index in [9.17, 15) is 4.79 Å². The molecule has 4 heteroatoms. The smallest absolute Gasteiger partial charge is 0.249 e. The quantitative estimate of drug-likeness (QED) is 0.652. The van der Waals surface area contributed by atoms with Crippen molar-refractivity contribution in [3.8, 4) is 11.1 Å². The summed E-state index contributed by atoms with van der Waals surface area (Å²) in [5, 5.41) is 0. The van der Waals surface area contributed by atoms with Crippen LogP contribution >= 0.6 is 0 Å². The topological polar surface area (TPSA) is 42.7 Å². The maximum absolute atomic E-state index is 12.5. The predicted octanol–water partition coefficient (Wildman–Crippen LogP) is 4.12. The highest BCUT2D eigenvalue weighted by atomic mass is 16.5. The number of amides is 1. The lowest BCUT2D eigenvalue weighted by atomic mass is 9.99. The van der Waals surface area contributed by atoms with Crippen LogP contribution in [-0.2, 0) is 22.6 Å². The monoisotopic (exact) mass is 335 g/mol.